The van der Waals surface area contributed by atoms with Gasteiger partial charge in [-0.1, -0.05) is 11.6 Å². The van der Waals surface area contributed by atoms with Gasteiger partial charge in [-0.05, 0) is 24.3 Å². The minimum Gasteiger partial charge on any atom is -0.497 e. The van der Waals surface area contributed by atoms with Crippen molar-refractivity contribution in [3.8, 4) is 17.2 Å². The van der Waals surface area contributed by atoms with E-state index in [1.54, 1.807) is 30.3 Å². The van der Waals surface area contributed by atoms with Crippen LogP contribution < -0.4 is 35.3 Å². The minimum atomic E-state index is -3.58. The fourth-order valence-electron chi connectivity index (χ4n) is 2.84. The Balaban J connectivity index is 1.91. The van der Waals surface area contributed by atoms with Crippen LogP contribution in [0.2, 0.25) is 5.02 Å². The van der Waals surface area contributed by atoms with E-state index in [0.717, 1.165) is 6.26 Å². The number of halogens is 1. The highest BCUT2D eigenvalue weighted by molar-refractivity contribution is 7.92. The zero-order chi connectivity index (χ0) is 25.6. The maximum absolute atomic E-state index is 11.8. The molecule has 0 aliphatic carbocycles. The molecule has 1 heterocycles. The molecule has 0 aliphatic rings. The molecule has 0 atom stereocenters. The van der Waals surface area contributed by atoms with Gasteiger partial charge in [0.15, 0.2) is 12.4 Å². The molecule has 0 unspecified atom stereocenters. The van der Waals surface area contributed by atoms with Crippen molar-refractivity contribution in [3.63, 3.8) is 0 Å². The van der Waals surface area contributed by atoms with E-state index in [9.17, 15) is 13.2 Å². The van der Waals surface area contributed by atoms with Crippen LogP contribution in [-0.4, -0.2) is 51.4 Å². The molecular weight excluding hydrogens is 500 g/mol. The number of rotatable bonds is 11. The average Bonchev–Trinajstić information content (AvgIpc) is 2.80. The Morgan fingerprint density at radius 2 is 1.74 bits per heavy atom. The number of nitrogens with one attached hydrogen (secondary N) is 3. The molecule has 0 aliphatic heterocycles. The molecule has 12 nitrogen and oxygen atoms in total. The van der Waals surface area contributed by atoms with Crippen molar-refractivity contribution >= 4 is 56.4 Å². The van der Waals surface area contributed by atoms with E-state index in [-0.39, 0.29) is 29.1 Å². The third kappa shape index (κ3) is 7.25. The summed E-state index contributed by atoms with van der Waals surface area (Å²) in [6.45, 7) is -0.289. The summed E-state index contributed by atoms with van der Waals surface area (Å²) in [6.07, 6.45) is 2.40. The average molecular weight is 523 g/mol. The Hall–Kier alpha value is -3.97. The Morgan fingerprint density at radius 3 is 2.40 bits per heavy atom. The largest absolute Gasteiger partial charge is 0.497 e. The lowest BCUT2D eigenvalue weighted by atomic mass is 10.2. The number of amides is 1. The number of benzene rings is 2. The first-order valence-corrected chi connectivity index (χ1v) is 12.2. The molecule has 1 amide bonds. The number of sulfonamides is 1. The molecule has 0 saturated carbocycles. The number of hydrogen-bond acceptors (Lipinski definition) is 10. The van der Waals surface area contributed by atoms with Gasteiger partial charge in [0, 0.05) is 12.1 Å². The van der Waals surface area contributed by atoms with Gasteiger partial charge >= 0.3 is 0 Å². The number of nitrogens with two attached hydrogens (primary N) is 1. The van der Waals surface area contributed by atoms with E-state index in [4.69, 9.17) is 31.5 Å². The second kappa shape index (κ2) is 11.0. The maximum atomic E-state index is 11.8. The fraction of sp³-hybridized carbons (Fsp3) is 0.190. The number of hydrogen-bond donors (Lipinski definition) is 4. The summed E-state index contributed by atoms with van der Waals surface area (Å²) >= 11 is 6.28. The van der Waals surface area contributed by atoms with Gasteiger partial charge in [0.2, 0.25) is 16.0 Å². The third-order valence-electron chi connectivity index (χ3n) is 4.32. The normalized spacial score (nSPS) is 10.9. The van der Waals surface area contributed by atoms with E-state index in [0.29, 0.717) is 28.6 Å². The quantitative estimate of drug-likeness (QED) is 0.294. The van der Waals surface area contributed by atoms with E-state index >= 15 is 0 Å². The van der Waals surface area contributed by atoms with Crippen LogP contribution in [0, 0.1) is 0 Å². The van der Waals surface area contributed by atoms with Crippen LogP contribution in [0.5, 0.6) is 17.2 Å². The van der Waals surface area contributed by atoms with Crippen LogP contribution in [0.25, 0.3) is 0 Å². The fourth-order valence-corrected chi connectivity index (χ4v) is 3.54. The van der Waals surface area contributed by atoms with Gasteiger partial charge in [-0.25, -0.2) is 13.4 Å². The van der Waals surface area contributed by atoms with Crippen molar-refractivity contribution in [2.45, 2.75) is 0 Å². The molecule has 3 aromatic rings. The monoisotopic (exact) mass is 522 g/mol. The van der Waals surface area contributed by atoms with E-state index in [1.807, 2.05) is 0 Å². The first-order valence-electron chi connectivity index (χ1n) is 9.89. The first kappa shape index (κ1) is 25.6. The van der Waals surface area contributed by atoms with Crippen LogP contribution in [-0.2, 0) is 14.8 Å². The van der Waals surface area contributed by atoms with Gasteiger partial charge in [0.1, 0.15) is 22.3 Å². The van der Waals surface area contributed by atoms with Gasteiger partial charge in [-0.3, -0.25) is 9.52 Å². The zero-order valence-corrected chi connectivity index (χ0v) is 20.5. The molecule has 186 valence electrons. The second-order valence-electron chi connectivity index (χ2n) is 7.04. The van der Waals surface area contributed by atoms with Gasteiger partial charge in [0.05, 0.1) is 43.7 Å². The number of primary amides is 1. The number of nitrogens with zero attached hydrogens (tertiary/aromatic N) is 2. The molecule has 0 fully saturated rings. The number of ether oxygens (including phenoxy) is 3. The van der Waals surface area contributed by atoms with Crippen LogP contribution in [0.15, 0.2) is 42.6 Å². The zero-order valence-electron chi connectivity index (χ0n) is 19.0. The highest BCUT2D eigenvalue weighted by Gasteiger charge is 2.14. The molecule has 1 aromatic heterocycles. The molecule has 0 bridgehead atoms. The molecule has 35 heavy (non-hydrogen) atoms. The topological polar surface area (TPSA) is 167 Å². The molecular formula is C21H23ClN6O6S. The second-order valence-corrected chi connectivity index (χ2v) is 9.20. The Morgan fingerprint density at radius 1 is 1.03 bits per heavy atom. The Labute approximate surface area is 206 Å². The number of aromatic nitrogens is 2. The molecule has 3 rings (SSSR count). The summed E-state index contributed by atoms with van der Waals surface area (Å²) in [4.78, 5) is 19.5. The van der Waals surface area contributed by atoms with Crippen molar-refractivity contribution in [3.05, 3.63) is 47.6 Å². The molecule has 0 spiro atoms. The molecule has 2 aromatic carbocycles. The number of anilines is 5. The third-order valence-corrected chi connectivity index (χ3v) is 5.19. The van der Waals surface area contributed by atoms with Crippen LogP contribution >= 0.6 is 11.6 Å². The lowest BCUT2D eigenvalue weighted by Gasteiger charge is -2.16. The SMILES string of the molecule is COc1ccc(Nc2nc(Nc3cc(OCC(N)=O)ccc3OC)ncc2Cl)c(NS(C)(=O)=O)c1. The highest BCUT2D eigenvalue weighted by atomic mass is 35.5. The lowest BCUT2D eigenvalue weighted by molar-refractivity contribution is -0.119. The lowest BCUT2D eigenvalue weighted by Crippen LogP contribution is -2.20. The molecule has 0 radical (unpaired) electrons. The number of methoxy groups -OCH3 is 2. The van der Waals surface area contributed by atoms with E-state index in [2.05, 4.69) is 25.3 Å². The maximum Gasteiger partial charge on any atom is 0.255 e. The van der Waals surface area contributed by atoms with E-state index < -0.39 is 15.9 Å². The molecule has 0 saturated heterocycles. The van der Waals surface area contributed by atoms with Gasteiger partial charge < -0.3 is 30.6 Å². The Kier molecular flexibility index (Phi) is 8.04. The smallest absolute Gasteiger partial charge is 0.255 e. The van der Waals surface area contributed by atoms with Crippen molar-refractivity contribution in [1.82, 2.24) is 9.97 Å². The summed E-state index contributed by atoms with van der Waals surface area (Å²) in [5, 5.41) is 6.19. The predicted molar refractivity (Wildman–Crippen MR) is 133 cm³/mol. The summed E-state index contributed by atoms with van der Waals surface area (Å²) in [5.74, 6) is 1.01. The summed E-state index contributed by atoms with van der Waals surface area (Å²) in [6, 6.07) is 9.61. The van der Waals surface area contributed by atoms with Gasteiger partial charge in [-0.15, -0.1) is 0 Å². The van der Waals surface area contributed by atoms with Crippen molar-refractivity contribution in [2.75, 3.05) is 42.4 Å². The van der Waals surface area contributed by atoms with Crippen molar-refractivity contribution in [1.29, 1.82) is 0 Å². The summed E-state index contributed by atoms with van der Waals surface area (Å²) in [5.41, 5.74) is 6.19. The number of carbonyl (C=O) groups excluding carboxylic acids is 1. The molecule has 14 heteroatoms. The first-order chi connectivity index (χ1) is 16.6. The van der Waals surface area contributed by atoms with Crippen molar-refractivity contribution in [2.24, 2.45) is 5.73 Å². The van der Waals surface area contributed by atoms with Crippen molar-refractivity contribution < 1.29 is 27.4 Å². The Bertz CT molecular complexity index is 1340. The minimum absolute atomic E-state index is 0.147. The van der Waals surface area contributed by atoms with Gasteiger partial charge in [-0.2, -0.15) is 4.98 Å². The van der Waals surface area contributed by atoms with Crippen LogP contribution in [0.4, 0.5) is 28.8 Å². The number of carbonyl (C=O) groups is 1. The van der Waals surface area contributed by atoms with E-state index in [1.165, 1.54) is 26.5 Å². The summed E-state index contributed by atoms with van der Waals surface area (Å²) in [7, 11) is -0.624. The van der Waals surface area contributed by atoms with Crippen LogP contribution in [0.1, 0.15) is 0 Å². The van der Waals surface area contributed by atoms with Crippen LogP contribution in [0.3, 0.4) is 0 Å². The van der Waals surface area contributed by atoms with Gasteiger partial charge in [0.25, 0.3) is 5.91 Å². The molecule has 5 N–H and O–H groups in total. The highest BCUT2D eigenvalue weighted by Crippen LogP contribution is 2.34. The standard InChI is InChI=1S/C21H23ClN6O6S/c1-32-12-4-6-15(16(8-12)28-35(3,30)31)25-20-14(22)10-24-21(27-20)26-17-9-13(34-11-19(23)29)5-7-18(17)33-2/h4-10,28H,11H2,1-3H3,(H2,23,29)(H2,24,25,26,27). The predicted octanol–water partition coefficient (Wildman–Crippen LogP) is 2.87. The summed E-state index contributed by atoms with van der Waals surface area (Å²) < 4.78 is 41.9.